The van der Waals surface area contributed by atoms with Crippen LogP contribution in [0.25, 0.3) is 16.7 Å². The Balaban J connectivity index is 1.69. The number of hydroxylamine groups is 1. The van der Waals surface area contributed by atoms with Crippen LogP contribution in [0.5, 0.6) is 0 Å². The van der Waals surface area contributed by atoms with Gasteiger partial charge in [-0.3, -0.25) is 14.4 Å². The monoisotopic (exact) mass is 502 g/mol. The van der Waals surface area contributed by atoms with Crippen molar-refractivity contribution < 1.29 is 14.4 Å². The van der Waals surface area contributed by atoms with E-state index in [0.29, 0.717) is 18.2 Å². The zero-order valence-corrected chi connectivity index (χ0v) is 21.1. The molecule has 0 aliphatic rings. The predicted octanol–water partition coefficient (Wildman–Crippen LogP) is 3.83. The molecule has 2 aromatic carbocycles. The summed E-state index contributed by atoms with van der Waals surface area (Å²) < 4.78 is 6.78. The third-order valence-corrected chi connectivity index (χ3v) is 5.80. The number of amides is 1. The second kappa shape index (κ2) is 12.1. The molecule has 0 spiro atoms. The Morgan fingerprint density at radius 3 is 2.43 bits per heavy atom. The molecule has 0 unspecified atom stereocenters. The van der Waals surface area contributed by atoms with Crippen molar-refractivity contribution in [2.75, 3.05) is 38.0 Å². The molecule has 10 nitrogen and oxygen atoms in total. The minimum Gasteiger partial charge on any atom is -0.385 e. The Morgan fingerprint density at radius 1 is 1.03 bits per heavy atom. The van der Waals surface area contributed by atoms with Crippen molar-refractivity contribution in [3.63, 3.8) is 0 Å². The van der Waals surface area contributed by atoms with Crippen molar-refractivity contribution >= 4 is 34.3 Å². The zero-order valence-electron chi connectivity index (χ0n) is 21.1. The summed E-state index contributed by atoms with van der Waals surface area (Å²) in [5.41, 5.74) is 5.73. The summed E-state index contributed by atoms with van der Waals surface area (Å²) in [5, 5.41) is 6.74. The van der Waals surface area contributed by atoms with E-state index >= 15 is 0 Å². The Kier molecular flexibility index (Phi) is 8.44. The van der Waals surface area contributed by atoms with E-state index in [0.717, 1.165) is 36.4 Å². The summed E-state index contributed by atoms with van der Waals surface area (Å²) in [4.78, 5) is 39.3. The maximum atomic E-state index is 13.1. The molecule has 2 aromatic heterocycles. The summed E-state index contributed by atoms with van der Waals surface area (Å²) >= 11 is 0. The molecule has 0 bridgehead atoms. The van der Waals surface area contributed by atoms with E-state index in [-0.39, 0.29) is 10.9 Å². The van der Waals surface area contributed by atoms with Gasteiger partial charge in [0.15, 0.2) is 5.65 Å². The van der Waals surface area contributed by atoms with Gasteiger partial charge in [0.1, 0.15) is 5.56 Å². The molecule has 4 rings (SSSR count). The van der Waals surface area contributed by atoms with E-state index in [1.165, 1.54) is 25.1 Å². The molecule has 0 radical (unpaired) electrons. The second-order valence-corrected chi connectivity index (χ2v) is 8.30. The highest BCUT2D eigenvalue weighted by Crippen LogP contribution is 2.21. The number of carbonyl (C=O) groups is 1. The van der Waals surface area contributed by atoms with Crippen LogP contribution >= 0.6 is 0 Å². The van der Waals surface area contributed by atoms with Crippen molar-refractivity contribution in [3.8, 4) is 5.69 Å². The quantitative estimate of drug-likeness (QED) is 0.209. The number of fused-ring (bicyclic) bond motifs is 1. The molecule has 0 aliphatic carbocycles. The van der Waals surface area contributed by atoms with Crippen molar-refractivity contribution in [1.29, 1.82) is 0 Å². The van der Waals surface area contributed by atoms with Gasteiger partial charge in [-0.05, 0) is 54.8 Å². The molecule has 3 N–H and O–H groups in total. The molecule has 0 atom stereocenters. The number of nitrogens with one attached hydrogen (secondary N) is 3. The molecule has 0 fully saturated rings. The minimum absolute atomic E-state index is 0.0770. The van der Waals surface area contributed by atoms with E-state index < -0.39 is 11.3 Å². The van der Waals surface area contributed by atoms with Crippen LogP contribution in [0.3, 0.4) is 0 Å². The van der Waals surface area contributed by atoms with E-state index in [1.54, 1.807) is 11.7 Å². The van der Waals surface area contributed by atoms with E-state index in [4.69, 9.17) is 9.57 Å². The lowest BCUT2D eigenvalue weighted by Crippen LogP contribution is -2.29. The summed E-state index contributed by atoms with van der Waals surface area (Å²) in [5.74, 6) is -0.327. The number of benzene rings is 2. The highest BCUT2D eigenvalue weighted by atomic mass is 16.6. The average molecular weight is 503 g/mol. The number of hydrogen-bond donors (Lipinski definition) is 3. The Labute approximate surface area is 214 Å². The van der Waals surface area contributed by atoms with Gasteiger partial charge < -0.3 is 19.9 Å². The predicted molar refractivity (Wildman–Crippen MR) is 144 cm³/mol. The number of pyridine rings is 1. The van der Waals surface area contributed by atoms with Gasteiger partial charge in [-0.15, -0.1) is 0 Å². The third-order valence-electron chi connectivity index (χ3n) is 5.80. The summed E-state index contributed by atoms with van der Waals surface area (Å²) in [6, 6.07) is 15.6. The number of aromatic nitrogens is 3. The summed E-state index contributed by atoms with van der Waals surface area (Å²) in [6.45, 7) is 3.60. The molecule has 10 heteroatoms. The largest absolute Gasteiger partial charge is 0.385 e. The van der Waals surface area contributed by atoms with Crippen LogP contribution in [0, 0.1) is 0 Å². The fraction of sp³-hybridized carbons (Fsp3) is 0.259. The topological polar surface area (TPSA) is 119 Å². The van der Waals surface area contributed by atoms with E-state index in [9.17, 15) is 9.59 Å². The molecule has 0 saturated carbocycles. The lowest BCUT2D eigenvalue weighted by Gasteiger charge is -2.14. The zero-order chi connectivity index (χ0) is 26.2. The molecular weight excluding hydrogens is 472 g/mol. The number of nitrogens with zero attached hydrogens (tertiary/aromatic N) is 3. The van der Waals surface area contributed by atoms with Crippen molar-refractivity contribution in [2.24, 2.45) is 0 Å². The van der Waals surface area contributed by atoms with E-state index in [2.05, 4.69) is 33.0 Å². The maximum absolute atomic E-state index is 13.1. The number of aryl methyl sites for hydroxylation is 1. The molecule has 2 heterocycles. The lowest BCUT2D eigenvalue weighted by atomic mass is 10.1. The van der Waals surface area contributed by atoms with Crippen LogP contribution < -0.4 is 21.5 Å². The number of carbonyl (C=O) groups excluding carboxylic acids is 1. The molecule has 0 aliphatic heterocycles. The first kappa shape index (κ1) is 25.8. The van der Waals surface area contributed by atoms with Crippen molar-refractivity contribution in [1.82, 2.24) is 20.0 Å². The number of anilines is 3. The SMILES string of the molecule is CCc1ccc(-n2cc(C(=O)NOC)c(=O)c3cnc(Nc4ccc(NCCCOC)cc4)nc32)cc1. The van der Waals surface area contributed by atoms with Crippen LogP contribution in [0.1, 0.15) is 29.3 Å². The van der Waals surface area contributed by atoms with Crippen LogP contribution in [-0.2, 0) is 16.0 Å². The second-order valence-electron chi connectivity index (χ2n) is 8.30. The summed E-state index contributed by atoms with van der Waals surface area (Å²) in [7, 11) is 3.00. The van der Waals surface area contributed by atoms with Crippen LogP contribution in [0.4, 0.5) is 17.3 Å². The van der Waals surface area contributed by atoms with Gasteiger partial charge in [-0.1, -0.05) is 19.1 Å². The Bertz CT molecular complexity index is 1420. The first-order valence-corrected chi connectivity index (χ1v) is 12.0. The highest BCUT2D eigenvalue weighted by molar-refractivity contribution is 5.96. The van der Waals surface area contributed by atoms with Gasteiger partial charge in [0.2, 0.25) is 11.4 Å². The third kappa shape index (κ3) is 6.11. The normalized spacial score (nSPS) is 10.9. The van der Waals surface area contributed by atoms with Gasteiger partial charge in [0, 0.05) is 49.7 Å². The van der Waals surface area contributed by atoms with Gasteiger partial charge in [0.25, 0.3) is 5.91 Å². The molecule has 37 heavy (non-hydrogen) atoms. The lowest BCUT2D eigenvalue weighted by molar-refractivity contribution is 0.0536. The van der Waals surface area contributed by atoms with Crippen molar-refractivity contribution in [3.05, 3.63) is 82.3 Å². The van der Waals surface area contributed by atoms with Gasteiger partial charge in [-0.25, -0.2) is 10.5 Å². The minimum atomic E-state index is -0.647. The first-order chi connectivity index (χ1) is 18.0. The Morgan fingerprint density at radius 2 is 1.76 bits per heavy atom. The standard InChI is InChI=1S/C27H30N6O4/c1-4-18-6-12-21(13-7-18)33-17-23(26(35)32-37-3)24(34)22-16-29-27(31-25(22)33)30-20-10-8-19(9-11-20)28-14-5-15-36-2/h6-13,16-17,28H,4-5,14-15H2,1-3H3,(H,32,35)(H,29,30,31). The molecule has 192 valence electrons. The van der Waals surface area contributed by atoms with Crippen LogP contribution in [-0.4, -0.2) is 47.8 Å². The van der Waals surface area contributed by atoms with E-state index in [1.807, 2.05) is 48.5 Å². The average Bonchev–Trinajstić information content (AvgIpc) is 2.92. The highest BCUT2D eigenvalue weighted by Gasteiger charge is 2.18. The molecule has 0 saturated heterocycles. The number of ether oxygens (including phenoxy) is 1. The Hall–Kier alpha value is -4.28. The van der Waals surface area contributed by atoms with Gasteiger partial charge in [0.05, 0.1) is 12.5 Å². The number of hydrogen-bond acceptors (Lipinski definition) is 8. The van der Waals surface area contributed by atoms with Gasteiger partial charge >= 0.3 is 0 Å². The molecule has 4 aromatic rings. The fourth-order valence-electron chi connectivity index (χ4n) is 3.82. The molecular formula is C27H30N6O4. The maximum Gasteiger partial charge on any atom is 0.280 e. The number of methoxy groups -OCH3 is 1. The number of rotatable bonds is 11. The first-order valence-electron chi connectivity index (χ1n) is 12.0. The molecule has 1 amide bonds. The summed E-state index contributed by atoms with van der Waals surface area (Å²) in [6.07, 6.45) is 4.71. The van der Waals surface area contributed by atoms with Gasteiger partial charge in [-0.2, -0.15) is 4.98 Å². The van der Waals surface area contributed by atoms with Crippen LogP contribution in [0.2, 0.25) is 0 Å². The van der Waals surface area contributed by atoms with Crippen molar-refractivity contribution in [2.45, 2.75) is 19.8 Å². The smallest absolute Gasteiger partial charge is 0.280 e. The fourth-order valence-corrected chi connectivity index (χ4v) is 3.82. The van der Waals surface area contributed by atoms with Crippen LogP contribution in [0.15, 0.2) is 65.7 Å².